The molecule has 0 aromatic heterocycles. The molecule has 0 fully saturated rings. The maximum Gasteiger partial charge on any atom is 0.385 e. The van der Waals surface area contributed by atoms with E-state index in [2.05, 4.69) is 4.98 Å². The molecule has 0 radical (unpaired) electrons. The number of carboxylic acid groups (broad SMARTS) is 4. The average molecular weight is 395 g/mol. The maximum atomic E-state index is 11.2. The van der Waals surface area contributed by atoms with Crippen LogP contribution in [-0.4, -0.2) is 86.8 Å². The molecular weight excluding hydrogens is 376 g/mol. The summed E-state index contributed by atoms with van der Waals surface area (Å²) in [5.74, 6) is -5.21. The van der Waals surface area contributed by atoms with Crippen molar-refractivity contribution in [2.45, 2.75) is 6.04 Å². The molecular formula is C16H19N4O8+. The highest BCUT2D eigenvalue weighted by atomic mass is 16.4. The van der Waals surface area contributed by atoms with Gasteiger partial charge in [0.25, 0.3) is 0 Å². The SMILES string of the molecule is N#[N+]c1ccc(C(CN(CC(=O)O)CC(=O)O)N(CC(=O)O)CC(=O)O)cc1. The Kier molecular flexibility index (Phi) is 8.47. The molecule has 12 heteroatoms. The number of benzene rings is 1. The van der Waals surface area contributed by atoms with Gasteiger partial charge in [-0.1, -0.05) is 0 Å². The summed E-state index contributed by atoms with van der Waals surface area (Å²) in [6, 6.07) is 4.74. The van der Waals surface area contributed by atoms with E-state index in [1.165, 1.54) is 24.3 Å². The molecule has 1 aromatic carbocycles. The Labute approximate surface area is 158 Å². The first-order valence-corrected chi connectivity index (χ1v) is 7.91. The first-order valence-electron chi connectivity index (χ1n) is 7.91. The van der Waals surface area contributed by atoms with Gasteiger partial charge in [0.2, 0.25) is 5.39 Å². The predicted molar refractivity (Wildman–Crippen MR) is 92.5 cm³/mol. The summed E-state index contributed by atoms with van der Waals surface area (Å²) in [7, 11) is 0. The van der Waals surface area contributed by atoms with E-state index in [1.807, 2.05) is 0 Å². The molecule has 150 valence electrons. The molecule has 0 heterocycles. The molecule has 0 aliphatic rings. The van der Waals surface area contributed by atoms with Gasteiger partial charge in [0.05, 0.1) is 26.2 Å². The van der Waals surface area contributed by atoms with Crippen LogP contribution in [0.25, 0.3) is 4.98 Å². The van der Waals surface area contributed by atoms with E-state index >= 15 is 0 Å². The van der Waals surface area contributed by atoms with Gasteiger partial charge in [0.15, 0.2) is 4.98 Å². The Morgan fingerprint density at radius 2 is 1.25 bits per heavy atom. The summed E-state index contributed by atoms with van der Waals surface area (Å²) < 4.78 is 0. The van der Waals surface area contributed by atoms with Gasteiger partial charge in [-0.25, -0.2) is 0 Å². The number of carboxylic acids is 4. The topological polar surface area (TPSA) is 184 Å². The molecule has 28 heavy (non-hydrogen) atoms. The number of rotatable bonds is 12. The highest BCUT2D eigenvalue weighted by Crippen LogP contribution is 2.24. The van der Waals surface area contributed by atoms with Crippen LogP contribution in [0.3, 0.4) is 0 Å². The number of carbonyl (C=O) groups is 4. The third-order valence-corrected chi connectivity index (χ3v) is 3.66. The standard InChI is InChI=1S/C16H18N4O8/c17-18-11-3-1-10(2-4-11)12(20(8-15(25)26)9-16(27)28)5-19(6-13(21)22)7-14(23)24/h1-4,12H,5-9H2,(H3-,21,22,23,24,25,26,27,28)/p+1. The molecule has 0 aliphatic carbocycles. The Morgan fingerprint density at radius 3 is 1.61 bits per heavy atom. The molecule has 4 N–H and O–H groups in total. The van der Waals surface area contributed by atoms with Crippen LogP contribution in [0.1, 0.15) is 11.6 Å². The van der Waals surface area contributed by atoms with Gasteiger partial charge in [0.1, 0.15) is 0 Å². The number of hydrogen-bond donors (Lipinski definition) is 4. The normalized spacial score (nSPS) is 11.8. The molecule has 0 aliphatic heterocycles. The maximum absolute atomic E-state index is 11.2. The fourth-order valence-electron chi connectivity index (χ4n) is 2.63. The molecule has 1 aromatic rings. The first kappa shape index (κ1) is 22.5. The zero-order valence-corrected chi connectivity index (χ0v) is 14.6. The lowest BCUT2D eigenvalue weighted by molar-refractivity contribution is -0.146. The van der Waals surface area contributed by atoms with E-state index in [4.69, 9.17) is 25.8 Å². The molecule has 1 atom stereocenters. The van der Waals surface area contributed by atoms with Crippen molar-refractivity contribution < 1.29 is 39.6 Å². The van der Waals surface area contributed by atoms with Crippen LogP contribution < -0.4 is 0 Å². The molecule has 12 nitrogen and oxygen atoms in total. The van der Waals surface area contributed by atoms with Crippen molar-refractivity contribution in [2.75, 3.05) is 32.7 Å². The zero-order chi connectivity index (χ0) is 21.3. The van der Waals surface area contributed by atoms with E-state index in [-0.39, 0.29) is 12.2 Å². The van der Waals surface area contributed by atoms with E-state index in [0.29, 0.717) is 5.56 Å². The second-order valence-electron chi connectivity index (χ2n) is 5.86. The van der Waals surface area contributed by atoms with E-state index in [1.54, 1.807) is 0 Å². The van der Waals surface area contributed by atoms with Gasteiger partial charge >= 0.3 is 29.6 Å². The second kappa shape index (κ2) is 10.6. The van der Waals surface area contributed by atoms with Gasteiger partial charge in [-0.2, -0.15) is 0 Å². The summed E-state index contributed by atoms with van der Waals surface area (Å²) in [6.07, 6.45) is 0. The number of hydrogen-bond acceptors (Lipinski definition) is 7. The predicted octanol–water partition coefficient (Wildman–Crippen LogP) is 0.155. The van der Waals surface area contributed by atoms with Crippen LogP contribution in [-0.2, 0) is 19.2 Å². The molecule has 0 spiro atoms. The summed E-state index contributed by atoms with van der Waals surface area (Å²) in [4.78, 5) is 49.6. The van der Waals surface area contributed by atoms with Crippen LogP contribution >= 0.6 is 0 Å². The number of nitrogens with zero attached hydrogens (tertiary/aromatic N) is 4. The number of aliphatic carboxylic acids is 4. The third kappa shape index (κ3) is 7.77. The molecule has 0 bridgehead atoms. The van der Waals surface area contributed by atoms with Gasteiger partial charge in [-0.15, -0.1) is 0 Å². The molecule has 0 amide bonds. The fourth-order valence-corrected chi connectivity index (χ4v) is 2.63. The van der Waals surface area contributed by atoms with E-state index in [9.17, 15) is 19.2 Å². The van der Waals surface area contributed by atoms with Crippen LogP contribution in [0.15, 0.2) is 24.3 Å². The lowest BCUT2D eigenvalue weighted by Gasteiger charge is -2.33. The number of diazo groups is 1. The van der Waals surface area contributed by atoms with Crippen LogP contribution in [0.5, 0.6) is 0 Å². The molecule has 0 saturated heterocycles. The van der Waals surface area contributed by atoms with Crippen molar-refractivity contribution in [3.05, 3.63) is 34.8 Å². The van der Waals surface area contributed by atoms with Gasteiger partial charge in [-0.05, 0) is 17.7 Å². The minimum Gasteiger partial charge on any atom is -0.480 e. The lowest BCUT2D eigenvalue weighted by Crippen LogP contribution is -2.45. The van der Waals surface area contributed by atoms with Gasteiger partial charge < -0.3 is 20.4 Å². The quantitative estimate of drug-likeness (QED) is 0.353. The first-order chi connectivity index (χ1) is 13.1. The summed E-state index contributed by atoms with van der Waals surface area (Å²) >= 11 is 0. The second-order valence-corrected chi connectivity index (χ2v) is 5.86. The van der Waals surface area contributed by atoms with Crippen LogP contribution in [0.2, 0.25) is 0 Å². The summed E-state index contributed by atoms with van der Waals surface area (Å²) in [6.45, 7) is -2.87. The lowest BCUT2D eigenvalue weighted by atomic mass is 10.0. The van der Waals surface area contributed by atoms with E-state index < -0.39 is 56.1 Å². The summed E-state index contributed by atoms with van der Waals surface area (Å²) in [5, 5.41) is 45.0. The minimum absolute atomic E-state index is 0.193. The Bertz CT molecular complexity index is 742. The fraction of sp³-hybridized carbons (Fsp3) is 0.375. The van der Waals surface area contributed by atoms with E-state index in [0.717, 1.165) is 9.80 Å². The monoisotopic (exact) mass is 395 g/mol. The smallest absolute Gasteiger partial charge is 0.385 e. The van der Waals surface area contributed by atoms with Crippen molar-refractivity contribution in [2.24, 2.45) is 0 Å². The van der Waals surface area contributed by atoms with Gasteiger partial charge in [-0.3, -0.25) is 29.0 Å². The van der Waals surface area contributed by atoms with Crippen molar-refractivity contribution in [1.29, 1.82) is 5.39 Å². The Balaban J connectivity index is 3.30. The average Bonchev–Trinajstić information content (AvgIpc) is 2.57. The van der Waals surface area contributed by atoms with Crippen molar-refractivity contribution >= 4 is 29.6 Å². The van der Waals surface area contributed by atoms with Crippen LogP contribution in [0, 0.1) is 5.39 Å². The Hall–Kier alpha value is -3.56. The largest absolute Gasteiger partial charge is 0.480 e. The molecule has 1 rings (SSSR count). The zero-order valence-electron chi connectivity index (χ0n) is 14.6. The van der Waals surface area contributed by atoms with Crippen molar-refractivity contribution in [1.82, 2.24) is 9.80 Å². The minimum atomic E-state index is -1.31. The molecule has 0 saturated carbocycles. The van der Waals surface area contributed by atoms with Crippen molar-refractivity contribution in [3.63, 3.8) is 0 Å². The molecule has 1 unspecified atom stereocenters. The van der Waals surface area contributed by atoms with Crippen molar-refractivity contribution in [3.8, 4) is 0 Å². The van der Waals surface area contributed by atoms with Crippen LogP contribution in [0.4, 0.5) is 5.69 Å². The Morgan fingerprint density at radius 1 is 0.821 bits per heavy atom. The highest BCUT2D eigenvalue weighted by molar-refractivity contribution is 5.73. The van der Waals surface area contributed by atoms with Gasteiger partial charge in [0, 0.05) is 24.7 Å². The highest BCUT2D eigenvalue weighted by Gasteiger charge is 2.28. The summed E-state index contributed by atoms with van der Waals surface area (Å²) in [5.41, 5.74) is 0.592. The third-order valence-electron chi connectivity index (χ3n) is 3.66.